The normalized spacial score (nSPS) is 17.2. The smallest absolute Gasteiger partial charge is 0.249 e. The summed E-state index contributed by atoms with van der Waals surface area (Å²) in [5, 5.41) is 8.26. The van der Waals surface area contributed by atoms with Crippen LogP contribution in [0.2, 0.25) is 0 Å². The Hall–Kier alpha value is -3.18. The molecule has 1 aliphatic rings. The molecule has 3 aromatic rings. The molecule has 4 rings (SSSR count). The molecule has 0 bridgehead atoms. The molecule has 0 saturated carbocycles. The third-order valence-electron chi connectivity index (χ3n) is 6.25. The van der Waals surface area contributed by atoms with Gasteiger partial charge in [0.05, 0.1) is 12.6 Å². The van der Waals surface area contributed by atoms with Crippen molar-refractivity contribution in [2.75, 3.05) is 11.9 Å². The van der Waals surface area contributed by atoms with Crippen molar-refractivity contribution in [1.82, 2.24) is 10.6 Å². The predicted molar refractivity (Wildman–Crippen MR) is 125 cm³/mol. The minimum Gasteiger partial charge on any atom is -0.343 e. The monoisotopic (exact) mass is 415 g/mol. The van der Waals surface area contributed by atoms with E-state index in [1.54, 1.807) is 14.0 Å². The fourth-order valence-electron chi connectivity index (χ4n) is 4.26. The van der Waals surface area contributed by atoms with Gasteiger partial charge in [-0.1, -0.05) is 54.6 Å². The van der Waals surface area contributed by atoms with E-state index in [2.05, 4.69) is 47.9 Å². The van der Waals surface area contributed by atoms with Gasteiger partial charge in [0.15, 0.2) is 0 Å². The third kappa shape index (κ3) is 4.19. The molecule has 5 nitrogen and oxygen atoms in total. The van der Waals surface area contributed by atoms with Gasteiger partial charge in [-0.2, -0.15) is 0 Å². The van der Waals surface area contributed by atoms with E-state index >= 15 is 0 Å². The van der Waals surface area contributed by atoms with Gasteiger partial charge >= 0.3 is 0 Å². The standard InChI is InChI=1S/C26H29N3O2/c1-17-12-13-20(22-10-6-5-9-21(17)22)16-29-24-11-7-4-8-19(24)14-15-23(26(29)31)28-25(30)18(2)27-3/h4-13,18,23,27H,14-16H2,1-3H3,(H,28,30)/t18-,23-/m0/s1. The largest absolute Gasteiger partial charge is 0.343 e. The summed E-state index contributed by atoms with van der Waals surface area (Å²) in [6, 6.07) is 19.7. The molecule has 1 heterocycles. The first-order valence-electron chi connectivity index (χ1n) is 10.8. The Balaban J connectivity index is 1.72. The molecule has 160 valence electrons. The molecule has 0 aromatic heterocycles. The number of likely N-dealkylation sites (N-methyl/N-ethyl adjacent to an activating group) is 1. The quantitative estimate of drug-likeness (QED) is 0.668. The predicted octanol–water partition coefficient (Wildman–Crippen LogP) is 3.72. The van der Waals surface area contributed by atoms with Gasteiger partial charge in [0.25, 0.3) is 0 Å². The number of amides is 2. The molecule has 31 heavy (non-hydrogen) atoms. The van der Waals surface area contributed by atoms with Gasteiger partial charge in [-0.3, -0.25) is 9.59 Å². The van der Waals surface area contributed by atoms with E-state index in [4.69, 9.17) is 0 Å². The minimum atomic E-state index is -0.549. The van der Waals surface area contributed by atoms with Crippen LogP contribution in [0, 0.1) is 6.92 Å². The summed E-state index contributed by atoms with van der Waals surface area (Å²) in [6.07, 6.45) is 1.33. The molecule has 0 radical (unpaired) electrons. The molecule has 0 fully saturated rings. The van der Waals surface area contributed by atoms with Crippen molar-refractivity contribution >= 4 is 28.3 Å². The number of aryl methyl sites for hydroxylation is 2. The zero-order valence-electron chi connectivity index (χ0n) is 18.3. The number of rotatable bonds is 5. The van der Waals surface area contributed by atoms with Crippen molar-refractivity contribution in [3.63, 3.8) is 0 Å². The van der Waals surface area contributed by atoms with Crippen LogP contribution in [0.1, 0.15) is 30.0 Å². The lowest BCUT2D eigenvalue weighted by Crippen LogP contribution is -2.52. The molecular weight excluding hydrogens is 386 g/mol. The second-order valence-electron chi connectivity index (χ2n) is 8.25. The summed E-state index contributed by atoms with van der Waals surface area (Å²) >= 11 is 0. The van der Waals surface area contributed by atoms with E-state index in [-0.39, 0.29) is 17.9 Å². The molecule has 2 N–H and O–H groups in total. The van der Waals surface area contributed by atoms with Gasteiger partial charge in [-0.25, -0.2) is 0 Å². The van der Waals surface area contributed by atoms with Crippen molar-refractivity contribution < 1.29 is 9.59 Å². The highest BCUT2D eigenvalue weighted by Gasteiger charge is 2.32. The number of nitrogens with zero attached hydrogens (tertiary/aromatic N) is 1. The van der Waals surface area contributed by atoms with Crippen LogP contribution in [-0.4, -0.2) is 30.9 Å². The van der Waals surface area contributed by atoms with Gasteiger partial charge in [-0.15, -0.1) is 0 Å². The molecule has 5 heteroatoms. The Labute approximate surface area is 183 Å². The summed E-state index contributed by atoms with van der Waals surface area (Å²) in [5.41, 5.74) is 4.37. The Morgan fingerprint density at radius 1 is 1.06 bits per heavy atom. The Bertz CT molecular complexity index is 1120. The van der Waals surface area contributed by atoms with Crippen LogP contribution in [0.5, 0.6) is 0 Å². The number of carbonyl (C=O) groups excluding carboxylic acids is 2. The van der Waals surface area contributed by atoms with Crippen LogP contribution >= 0.6 is 0 Å². The van der Waals surface area contributed by atoms with Gasteiger partial charge < -0.3 is 15.5 Å². The summed E-state index contributed by atoms with van der Waals surface area (Å²) in [7, 11) is 1.74. The molecule has 1 aliphatic heterocycles. The summed E-state index contributed by atoms with van der Waals surface area (Å²) in [4.78, 5) is 28.0. The van der Waals surface area contributed by atoms with E-state index in [9.17, 15) is 9.59 Å². The van der Waals surface area contributed by atoms with Crippen LogP contribution < -0.4 is 15.5 Å². The molecule has 0 aliphatic carbocycles. The summed E-state index contributed by atoms with van der Waals surface area (Å²) < 4.78 is 0. The third-order valence-corrected chi connectivity index (χ3v) is 6.25. The highest BCUT2D eigenvalue weighted by atomic mass is 16.2. The minimum absolute atomic E-state index is 0.0636. The molecule has 2 amide bonds. The van der Waals surface area contributed by atoms with E-state index < -0.39 is 6.04 Å². The van der Waals surface area contributed by atoms with Gasteiger partial charge in [0, 0.05) is 5.69 Å². The first-order chi connectivity index (χ1) is 15.0. The Morgan fingerprint density at radius 3 is 2.55 bits per heavy atom. The SMILES string of the molecule is CN[C@@H](C)C(=O)N[C@H]1CCc2ccccc2N(Cc2ccc(C)c3ccccc23)C1=O. The topological polar surface area (TPSA) is 61.4 Å². The number of benzene rings is 3. The van der Waals surface area contributed by atoms with Crippen molar-refractivity contribution in [3.8, 4) is 0 Å². The van der Waals surface area contributed by atoms with E-state index in [1.807, 2.05) is 35.2 Å². The van der Waals surface area contributed by atoms with Crippen molar-refractivity contribution in [2.45, 2.75) is 45.3 Å². The average Bonchev–Trinajstić information content (AvgIpc) is 2.92. The highest BCUT2D eigenvalue weighted by molar-refractivity contribution is 6.01. The van der Waals surface area contributed by atoms with Crippen LogP contribution in [0.15, 0.2) is 60.7 Å². The van der Waals surface area contributed by atoms with Crippen LogP contribution in [-0.2, 0) is 22.6 Å². The fourth-order valence-corrected chi connectivity index (χ4v) is 4.26. The maximum absolute atomic E-state index is 13.7. The molecular formula is C26H29N3O2. The lowest BCUT2D eigenvalue weighted by atomic mass is 9.99. The maximum atomic E-state index is 13.7. The van der Waals surface area contributed by atoms with Crippen molar-refractivity contribution in [3.05, 3.63) is 77.4 Å². The zero-order chi connectivity index (χ0) is 22.0. The molecule has 0 spiro atoms. The van der Waals surface area contributed by atoms with Crippen LogP contribution in [0.25, 0.3) is 10.8 Å². The van der Waals surface area contributed by atoms with Crippen LogP contribution in [0.4, 0.5) is 5.69 Å². The van der Waals surface area contributed by atoms with E-state index in [1.165, 1.54) is 10.9 Å². The van der Waals surface area contributed by atoms with Gasteiger partial charge in [0.2, 0.25) is 11.8 Å². The maximum Gasteiger partial charge on any atom is 0.249 e. The first-order valence-corrected chi connectivity index (χ1v) is 10.8. The van der Waals surface area contributed by atoms with Gasteiger partial charge in [-0.05, 0) is 67.3 Å². The fraction of sp³-hybridized carbons (Fsp3) is 0.308. The number of carbonyl (C=O) groups is 2. The Kier molecular flexibility index (Phi) is 6.05. The molecule has 0 saturated heterocycles. The first kappa shape index (κ1) is 21.1. The van der Waals surface area contributed by atoms with Gasteiger partial charge in [0.1, 0.15) is 6.04 Å². The molecule has 0 unspecified atom stereocenters. The highest BCUT2D eigenvalue weighted by Crippen LogP contribution is 2.31. The van der Waals surface area contributed by atoms with E-state index in [0.717, 1.165) is 28.6 Å². The lowest BCUT2D eigenvalue weighted by Gasteiger charge is -2.27. The lowest BCUT2D eigenvalue weighted by molar-refractivity contribution is -0.128. The summed E-state index contributed by atoms with van der Waals surface area (Å²) in [5.74, 6) is -0.223. The van der Waals surface area contributed by atoms with Crippen molar-refractivity contribution in [1.29, 1.82) is 0 Å². The number of anilines is 1. The number of nitrogens with one attached hydrogen (secondary N) is 2. The number of hydrogen-bond acceptors (Lipinski definition) is 3. The number of para-hydroxylation sites is 1. The summed E-state index contributed by atoms with van der Waals surface area (Å²) in [6.45, 7) is 4.36. The zero-order valence-corrected chi connectivity index (χ0v) is 18.3. The number of hydrogen-bond donors (Lipinski definition) is 2. The van der Waals surface area contributed by atoms with Crippen LogP contribution in [0.3, 0.4) is 0 Å². The van der Waals surface area contributed by atoms with Crippen molar-refractivity contribution in [2.24, 2.45) is 0 Å². The molecule has 3 aromatic carbocycles. The second kappa shape index (κ2) is 8.90. The second-order valence-corrected chi connectivity index (χ2v) is 8.25. The Morgan fingerprint density at radius 2 is 1.77 bits per heavy atom. The average molecular weight is 416 g/mol. The molecule has 2 atom stereocenters. The van der Waals surface area contributed by atoms with E-state index in [0.29, 0.717) is 13.0 Å². The number of fused-ring (bicyclic) bond motifs is 2.